The molecule has 1 rings (SSSR count). The summed E-state index contributed by atoms with van der Waals surface area (Å²) in [5, 5.41) is 3.18. The largest absolute Gasteiger partial charge is 0.376 e. The Morgan fingerprint density at radius 1 is 1.50 bits per heavy atom. The van der Waals surface area contributed by atoms with Crippen molar-refractivity contribution in [2.24, 2.45) is 16.8 Å². The summed E-state index contributed by atoms with van der Waals surface area (Å²) in [6, 6.07) is 0. The van der Waals surface area contributed by atoms with E-state index in [0.29, 0.717) is 18.0 Å². The summed E-state index contributed by atoms with van der Waals surface area (Å²) in [6.45, 7) is 6.68. The average molecular weight is 228 g/mol. The van der Waals surface area contributed by atoms with Gasteiger partial charge in [0.15, 0.2) is 0 Å². The Kier molecular flexibility index (Phi) is 6.18. The lowest BCUT2D eigenvalue weighted by Gasteiger charge is -2.23. The zero-order valence-electron chi connectivity index (χ0n) is 10.3. The van der Waals surface area contributed by atoms with Crippen LogP contribution in [0.25, 0.3) is 0 Å². The fourth-order valence-corrected chi connectivity index (χ4v) is 1.61. The Bertz CT molecular complexity index is 212. The second-order valence-corrected chi connectivity index (χ2v) is 4.60. The molecule has 1 aliphatic heterocycles. The maximum atomic E-state index is 5.61. The zero-order valence-corrected chi connectivity index (χ0v) is 10.3. The third kappa shape index (κ3) is 5.32. The second-order valence-electron chi connectivity index (χ2n) is 4.60. The predicted molar refractivity (Wildman–Crippen MR) is 66.1 cm³/mol. The number of nitrogens with zero attached hydrogens (tertiary/aromatic N) is 1. The van der Waals surface area contributed by atoms with E-state index in [-0.39, 0.29) is 0 Å². The molecule has 4 N–H and O–H groups in total. The molecule has 1 atom stereocenters. The fourth-order valence-electron chi connectivity index (χ4n) is 1.61. The van der Waals surface area contributed by atoms with Gasteiger partial charge < -0.3 is 10.1 Å². The van der Waals surface area contributed by atoms with Crippen molar-refractivity contribution >= 4 is 5.96 Å². The quantitative estimate of drug-likeness (QED) is 0.285. The molecule has 94 valence electrons. The highest BCUT2D eigenvalue weighted by atomic mass is 16.5. The van der Waals surface area contributed by atoms with E-state index in [0.717, 1.165) is 26.1 Å². The molecule has 0 bridgehead atoms. The lowest BCUT2D eigenvalue weighted by molar-refractivity contribution is 0.0194. The van der Waals surface area contributed by atoms with Crippen LogP contribution in [-0.2, 0) is 4.74 Å². The summed E-state index contributed by atoms with van der Waals surface area (Å²) in [4.78, 5) is 4.34. The minimum absolute atomic E-state index is 0.298. The van der Waals surface area contributed by atoms with E-state index in [1.165, 1.54) is 12.8 Å². The standard InChI is InChI=1S/C11H24N4O/c1-9(2)7-13-11(15-12)14-8-10-5-3-4-6-16-10/h9-10H,3-8,12H2,1-2H3,(H2,13,14,15). The van der Waals surface area contributed by atoms with Gasteiger partial charge in [0.1, 0.15) is 0 Å². The molecule has 0 amide bonds. The van der Waals surface area contributed by atoms with E-state index in [2.05, 4.69) is 29.6 Å². The molecule has 1 saturated heterocycles. The molecule has 0 spiro atoms. The van der Waals surface area contributed by atoms with Crippen molar-refractivity contribution in [3.05, 3.63) is 0 Å². The Morgan fingerprint density at radius 2 is 2.31 bits per heavy atom. The number of nitrogens with one attached hydrogen (secondary N) is 2. The van der Waals surface area contributed by atoms with Gasteiger partial charge in [-0.05, 0) is 25.2 Å². The van der Waals surface area contributed by atoms with Crippen molar-refractivity contribution in [3.8, 4) is 0 Å². The Morgan fingerprint density at radius 3 is 2.88 bits per heavy atom. The van der Waals surface area contributed by atoms with Crippen molar-refractivity contribution in [1.82, 2.24) is 10.7 Å². The number of ether oxygens (including phenoxy) is 1. The van der Waals surface area contributed by atoms with Crippen molar-refractivity contribution < 1.29 is 4.74 Å². The molecule has 0 radical (unpaired) electrons. The van der Waals surface area contributed by atoms with Crippen LogP contribution in [0.5, 0.6) is 0 Å². The maximum absolute atomic E-state index is 5.61. The van der Waals surface area contributed by atoms with E-state index >= 15 is 0 Å². The van der Waals surface area contributed by atoms with Crippen LogP contribution in [0.15, 0.2) is 4.99 Å². The number of hydrogen-bond donors (Lipinski definition) is 3. The van der Waals surface area contributed by atoms with Gasteiger partial charge in [-0.1, -0.05) is 13.8 Å². The number of aliphatic imine (C=N–C) groups is 1. The molecule has 16 heavy (non-hydrogen) atoms. The first-order valence-corrected chi connectivity index (χ1v) is 6.09. The summed E-state index contributed by atoms with van der Waals surface area (Å²) in [7, 11) is 0. The molecule has 0 saturated carbocycles. The minimum Gasteiger partial charge on any atom is -0.376 e. The van der Waals surface area contributed by atoms with Gasteiger partial charge in [0, 0.05) is 19.7 Å². The molecule has 0 aromatic heterocycles. The third-order valence-electron chi connectivity index (χ3n) is 2.52. The lowest BCUT2D eigenvalue weighted by Crippen LogP contribution is -2.45. The van der Waals surface area contributed by atoms with Crippen molar-refractivity contribution in [2.45, 2.75) is 39.2 Å². The van der Waals surface area contributed by atoms with Crippen LogP contribution < -0.4 is 16.6 Å². The van der Waals surface area contributed by atoms with Gasteiger partial charge in [-0.2, -0.15) is 0 Å². The van der Waals surface area contributed by atoms with Crippen LogP contribution in [0.1, 0.15) is 33.1 Å². The second kappa shape index (κ2) is 7.46. The van der Waals surface area contributed by atoms with Crippen molar-refractivity contribution in [2.75, 3.05) is 19.7 Å². The first kappa shape index (κ1) is 13.3. The topological polar surface area (TPSA) is 71.7 Å². The molecule has 1 unspecified atom stereocenters. The van der Waals surface area contributed by atoms with Crippen LogP contribution in [0.3, 0.4) is 0 Å². The van der Waals surface area contributed by atoms with E-state index in [1.807, 2.05) is 0 Å². The van der Waals surface area contributed by atoms with Gasteiger partial charge in [0.2, 0.25) is 5.96 Å². The smallest absolute Gasteiger partial charge is 0.205 e. The molecule has 5 heteroatoms. The van der Waals surface area contributed by atoms with Crippen LogP contribution in [0, 0.1) is 5.92 Å². The van der Waals surface area contributed by atoms with Gasteiger partial charge in [-0.15, -0.1) is 0 Å². The lowest BCUT2D eigenvalue weighted by atomic mass is 10.1. The summed E-state index contributed by atoms with van der Waals surface area (Å²) >= 11 is 0. The van der Waals surface area contributed by atoms with E-state index in [1.54, 1.807) is 0 Å². The van der Waals surface area contributed by atoms with Crippen LogP contribution in [-0.4, -0.2) is 31.8 Å². The molecular formula is C11H24N4O. The molecule has 1 fully saturated rings. The highest BCUT2D eigenvalue weighted by Crippen LogP contribution is 2.11. The minimum atomic E-state index is 0.298. The van der Waals surface area contributed by atoms with E-state index in [4.69, 9.17) is 10.6 Å². The maximum Gasteiger partial charge on any atom is 0.205 e. The average Bonchev–Trinajstić information content (AvgIpc) is 2.30. The van der Waals surface area contributed by atoms with Crippen LogP contribution >= 0.6 is 0 Å². The van der Waals surface area contributed by atoms with Gasteiger partial charge >= 0.3 is 0 Å². The van der Waals surface area contributed by atoms with Crippen LogP contribution in [0.2, 0.25) is 0 Å². The Hall–Kier alpha value is -0.810. The molecule has 0 aliphatic carbocycles. The summed E-state index contributed by atoms with van der Waals surface area (Å²) in [6.07, 6.45) is 3.85. The zero-order chi connectivity index (χ0) is 11.8. The third-order valence-corrected chi connectivity index (χ3v) is 2.52. The Labute approximate surface area is 97.8 Å². The van der Waals surface area contributed by atoms with Crippen molar-refractivity contribution in [3.63, 3.8) is 0 Å². The monoisotopic (exact) mass is 228 g/mol. The van der Waals surface area contributed by atoms with E-state index < -0.39 is 0 Å². The summed E-state index contributed by atoms with van der Waals surface area (Å²) in [5.41, 5.74) is 2.58. The summed E-state index contributed by atoms with van der Waals surface area (Å²) in [5.74, 6) is 6.58. The van der Waals surface area contributed by atoms with Crippen LogP contribution in [0.4, 0.5) is 0 Å². The van der Waals surface area contributed by atoms with E-state index in [9.17, 15) is 0 Å². The number of rotatable bonds is 4. The first-order chi connectivity index (χ1) is 7.72. The Balaban J connectivity index is 2.24. The number of hydrogen-bond acceptors (Lipinski definition) is 3. The van der Waals surface area contributed by atoms with Gasteiger partial charge in [0.05, 0.1) is 6.10 Å². The summed E-state index contributed by atoms with van der Waals surface area (Å²) < 4.78 is 5.61. The van der Waals surface area contributed by atoms with Gasteiger partial charge in [-0.25, -0.2) is 5.84 Å². The highest BCUT2D eigenvalue weighted by Gasteiger charge is 2.13. The molecule has 1 aliphatic rings. The molecule has 0 aromatic rings. The molecule has 1 heterocycles. The number of guanidine groups is 1. The van der Waals surface area contributed by atoms with Gasteiger partial charge in [-0.3, -0.25) is 10.4 Å². The number of nitrogens with two attached hydrogens (primary N) is 1. The fraction of sp³-hybridized carbons (Fsp3) is 0.909. The van der Waals surface area contributed by atoms with Gasteiger partial charge in [0.25, 0.3) is 0 Å². The molecule has 5 nitrogen and oxygen atoms in total. The number of hydrazine groups is 1. The van der Waals surface area contributed by atoms with Crippen molar-refractivity contribution in [1.29, 1.82) is 0 Å². The SMILES string of the molecule is CC(C)CN=C(NN)NCC1CCCCO1. The molecular weight excluding hydrogens is 204 g/mol. The highest BCUT2D eigenvalue weighted by molar-refractivity contribution is 5.79. The molecule has 0 aromatic carbocycles. The normalized spacial score (nSPS) is 22.2. The first-order valence-electron chi connectivity index (χ1n) is 6.09. The predicted octanol–water partition coefficient (Wildman–Crippen LogP) is 0.620.